The summed E-state index contributed by atoms with van der Waals surface area (Å²) in [6.45, 7) is 0.955. The van der Waals surface area contributed by atoms with Gasteiger partial charge in [0.25, 0.3) is 5.69 Å². The largest absolute Gasteiger partial charge is 0.487 e. The van der Waals surface area contributed by atoms with Gasteiger partial charge in [-0.2, -0.15) is 12.6 Å². The third kappa shape index (κ3) is 3.71. The lowest BCUT2D eigenvalue weighted by Crippen LogP contribution is -2.08. The number of ether oxygens (including phenoxy) is 3. The molecule has 6 nitrogen and oxygen atoms in total. The SMILES string of the molecule is O=[N+]([O-])c1cc(F)c(OCCS)c(OC[C@H]2CO2)c1. The summed E-state index contributed by atoms with van der Waals surface area (Å²) in [7, 11) is 0. The lowest BCUT2D eigenvalue weighted by atomic mass is 10.2. The first-order valence-electron chi connectivity index (χ1n) is 5.58. The highest BCUT2D eigenvalue weighted by Gasteiger charge is 2.25. The fraction of sp³-hybridized carbons (Fsp3) is 0.455. The Morgan fingerprint density at radius 2 is 2.26 bits per heavy atom. The third-order valence-corrected chi connectivity index (χ3v) is 2.55. The molecule has 1 heterocycles. The van der Waals surface area contributed by atoms with Gasteiger partial charge >= 0.3 is 0 Å². The number of nitrogens with zero attached hydrogens (tertiary/aromatic N) is 1. The van der Waals surface area contributed by atoms with Gasteiger partial charge in [0.15, 0.2) is 17.3 Å². The molecule has 0 N–H and O–H groups in total. The van der Waals surface area contributed by atoms with Crippen molar-refractivity contribution in [2.75, 3.05) is 25.6 Å². The predicted octanol–water partition coefficient (Wildman–Crippen LogP) is 1.82. The highest BCUT2D eigenvalue weighted by Crippen LogP contribution is 2.35. The summed E-state index contributed by atoms with van der Waals surface area (Å²) in [5.74, 6) is -0.575. The van der Waals surface area contributed by atoms with Crippen molar-refractivity contribution in [3.8, 4) is 11.5 Å². The van der Waals surface area contributed by atoms with Crippen molar-refractivity contribution >= 4 is 18.3 Å². The molecule has 104 valence electrons. The molecule has 1 fully saturated rings. The summed E-state index contributed by atoms with van der Waals surface area (Å²) >= 11 is 3.95. The third-order valence-electron chi connectivity index (χ3n) is 2.37. The van der Waals surface area contributed by atoms with Crippen LogP contribution < -0.4 is 9.47 Å². The van der Waals surface area contributed by atoms with Crippen LogP contribution in [0.15, 0.2) is 12.1 Å². The van der Waals surface area contributed by atoms with Crippen LogP contribution in [0.5, 0.6) is 11.5 Å². The van der Waals surface area contributed by atoms with Gasteiger partial charge in [0.2, 0.25) is 0 Å². The Kier molecular flexibility index (Phi) is 4.43. The van der Waals surface area contributed by atoms with E-state index in [1.54, 1.807) is 0 Å². The van der Waals surface area contributed by atoms with Gasteiger partial charge in [-0.3, -0.25) is 10.1 Å². The highest BCUT2D eigenvalue weighted by molar-refractivity contribution is 7.80. The Bertz CT molecular complexity index is 480. The number of halogens is 1. The summed E-state index contributed by atoms with van der Waals surface area (Å²) in [5.41, 5.74) is -0.387. The number of rotatable bonds is 7. The first-order chi connectivity index (χ1) is 9.11. The Morgan fingerprint density at radius 3 is 2.84 bits per heavy atom. The van der Waals surface area contributed by atoms with Crippen molar-refractivity contribution < 1.29 is 23.5 Å². The second-order valence-corrected chi connectivity index (χ2v) is 4.30. The average Bonchev–Trinajstić information content (AvgIpc) is 3.18. The fourth-order valence-electron chi connectivity index (χ4n) is 1.40. The first-order valence-corrected chi connectivity index (χ1v) is 6.21. The van der Waals surface area contributed by atoms with Gasteiger partial charge < -0.3 is 14.2 Å². The van der Waals surface area contributed by atoms with E-state index in [2.05, 4.69) is 12.6 Å². The number of benzene rings is 1. The minimum Gasteiger partial charge on any atom is -0.487 e. The van der Waals surface area contributed by atoms with E-state index in [4.69, 9.17) is 14.2 Å². The molecular formula is C11H12FNO5S. The van der Waals surface area contributed by atoms with Gasteiger partial charge in [0.1, 0.15) is 12.7 Å². The maximum atomic E-state index is 13.8. The van der Waals surface area contributed by atoms with E-state index >= 15 is 0 Å². The summed E-state index contributed by atoms with van der Waals surface area (Å²) in [6.07, 6.45) is -0.0416. The second-order valence-electron chi connectivity index (χ2n) is 3.85. The van der Waals surface area contributed by atoms with Gasteiger partial charge in [-0.1, -0.05) is 0 Å². The van der Waals surface area contributed by atoms with E-state index in [-0.39, 0.29) is 36.5 Å². The molecule has 1 atom stereocenters. The number of non-ortho nitro benzene ring substituents is 1. The normalized spacial score (nSPS) is 17.1. The molecule has 0 aliphatic carbocycles. The molecule has 1 aliphatic rings. The second kappa shape index (κ2) is 6.07. The quantitative estimate of drug-likeness (QED) is 0.359. The molecule has 2 rings (SSSR count). The van der Waals surface area contributed by atoms with E-state index in [0.717, 1.165) is 12.1 Å². The van der Waals surface area contributed by atoms with Crippen LogP contribution in [-0.4, -0.2) is 36.6 Å². The molecular weight excluding hydrogens is 277 g/mol. The Balaban J connectivity index is 2.23. The smallest absolute Gasteiger partial charge is 0.276 e. The zero-order valence-corrected chi connectivity index (χ0v) is 10.8. The van der Waals surface area contributed by atoms with Crippen molar-refractivity contribution in [3.63, 3.8) is 0 Å². The number of epoxide rings is 1. The van der Waals surface area contributed by atoms with Crippen LogP contribution in [-0.2, 0) is 4.74 Å². The molecule has 1 saturated heterocycles. The zero-order chi connectivity index (χ0) is 13.8. The number of hydrogen-bond acceptors (Lipinski definition) is 6. The van der Waals surface area contributed by atoms with Crippen molar-refractivity contribution in [1.82, 2.24) is 0 Å². The van der Waals surface area contributed by atoms with Gasteiger partial charge in [-0.15, -0.1) is 0 Å². The number of nitro groups is 1. The predicted molar refractivity (Wildman–Crippen MR) is 67.6 cm³/mol. The van der Waals surface area contributed by atoms with Crippen LogP contribution in [0, 0.1) is 15.9 Å². The van der Waals surface area contributed by atoms with Crippen LogP contribution >= 0.6 is 12.6 Å². The van der Waals surface area contributed by atoms with E-state index in [0.29, 0.717) is 12.4 Å². The van der Waals surface area contributed by atoms with Crippen molar-refractivity contribution in [1.29, 1.82) is 0 Å². The molecule has 1 aromatic rings. The molecule has 0 unspecified atom stereocenters. The number of nitro benzene ring substituents is 1. The van der Waals surface area contributed by atoms with Crippen molar-refractivity contribution in [3.05, 3.63) is 28.1 Å². The van der Waals surface area contributed by atoms with E-state index in [1.165, 1.54) is 0 Å². The minimum absolute atomic E-state index is 0.00369. The fourth-order valence-corrected chi connectivity index (χ4v) is 1.49. The number of hydrogen-bond donors (Lipinski definition) is 1. The molecule has 0 saturated carbocycles. The summed E-state index contributed by atoms with van der Waals surface area (Å²) < 4.78 is 29.2. The summed E-state index contributed by atoms with van der Waals surface area (Å²) in [6, 6.07) is 1.94. The van der Waals surface area contributed by atoms with Crippen LogP contribution in [0.25, 0.3) is 0 Å². The van der Waals surface area contributed by atoms with Gasteiger partial charge in [-0.05, 0) is 0 Å². The molecule has 0 spiro atoms. The van der Waals surface area contributed by atoms with Crippen LogP contribution in [0.2, 0.25) is 0 Å². The van der Waals surface area contributed by atoms with Crippen LogP contribution in [0.3, 0.4) is 0 Å². The highest BCUT2D eigenvalue weighted by atomic mass is 32.1. The standard InChI is InChI=1S/C11H12FNO5S/c12-9-3-7(13(14)15)4-10(11(9)16-1-2-19)18-6-8-5-17-8/h3-4,8,19H,1-2,5-6H2/t8-/m1/s1. The lowest BCUT2D eigenvalue weighted by molar-refractivity contribution is -0.385. The van der Waals surface area contributed by atoms with E-state index in [1.807, 2.05) is 0 Å². The molecule has 0 aromatic heterocycles. The molecule has 1 aromatic carbocycles. The Labute approximate surface area is 114 Å². The van der Waals surface area contributed by atoms with Crippen LogP contribution in [0.4, 0.5) is 10.1 Å². The zero-order valence-electron chi connectivity index (χ0n) is 9.87. The minimum atomic E-state index is -0.831. The molecule has 8 heteroatoms. The number of thiol groups is 1. The first kappa shape index (κ1) is 13.9. The molecule has 0 amide bonds. The van der Waals surface area contributed by atoms with Gasteiger partial charge in [-0.25, -0.2) is 4.39 Å². The van der Waals surface area contributed by atoms with Crippen molar-refractivity contribution in [2.24, 2.45) is 0 Å². The van der Waals surface area contributed by atoms with E-state index in [9.17, 15) is 14.5 Å². The Hall–Kier alpha value is -1.54. The van der Waals surface area contributed by atoms with Gasteiger partial charge in [0, 0.05) is 5.75 Å². The summed E-state index contributed by atoms with van der Waals surface area (Å²) in [4.78, 5) is 10.00. The average molecular weight is 289 g/mol. The van der Waals surface area contributed by atoms with E-state index < -0.39 is 10.7 Å². The van der Waals surface area contributed by atoms with Crippen LogP contribution in [0.1, 0.15) is 0 Å². The van der Waals surface area contributed by atoms with Crippen molar-refractivity contribution in [2.45, 2.75) is 6.10 Å². The molecule has 1 aliphatic heterocycles. The maximum Gasteiger partial charge on any atom is 0.276 e. The molecule has 0 radical (unpaired) electrons. The molecule has 0 bridgehead atoms. The summed E-state index contributed by atoms with van der Waals surface area (Å²) in [5, 5.41) is 10.7. The molecule has 19 heavy (non-hydrogen) atoms. The monoisotopic (exact) mass is 289 g/mol. The maximum absolute atomic E-state index is 13.8. The van der Waals surface area contributed by atoms with Gasteiger partial charge in [0.05, 0.1) is 30.3 Å². The lowest BCUT2D eigenvalue weighted by Gasteiger charge is -2.12. The Morgan fingerprint density at radius 1 is 1.53 bits per heavy atom. The topological polar surface area (TPSA) is 74.1 Å².